The van der Waals surface area contributed by atoms with E-state index in [0.29, 0.717) is 0 Å². The Balaban J connectivity index is 2.69. The molecule has 3 heteroatoms. The minimum absolute atomic E-state index is 0.109. The number of hydrogen-bond donors (Lipinski definition) is 2. The van der Waals surface area contributed by atoms with Crippen molar-refractivity contribution in [2.24, 2.45) is 0 Å². The molecule has 0 aliphatic carbocycles. The summed E-state index contributed by atoms with van der Waals surface area (Å²) in [6.07, 6.45) is 0.877. The first-order valence-corrected chi connectivity index (χ1v) is 5.19. The summed E-state index contributed by atoms with van der Waals surface area (Å²) < 4.78 is 0. The normalized spacial score (nSPS) is 14.5. The fourth-order valence-corrected chi connectivity index (χ4v) is 1.51. The summed E-state index contributed by atoms with van der Waals surface area (Å²) in [5, 5.41) is 11.9. The largest absolute Gasteiger partial charge is 0.480 e. The smallest absolute Gasteiger partial charge is 0.320 e. The highest BCUT2D eigenvalue weighted by molar-refractivity contribution is 5.72. The van der Waals surface area contributed by atoms with E-state index in [4.69, 9.17) is 5.11 Å². The van der Waals surface area contributed by atoms with Crippen LogP contribution in [0.1, 0.15) is 31.9 Å². The van der Waals surface area contributed by atoms with E-state index < -0.39 is 12.0 Å². The van der Waals surface area contributed by atoms with Crippen molar-refractivity contribution in [1.29, 1.82) is 0 Å². The van der Waals surface area contributed by atoms with Gasteiger partial charge in [0, 0.05) is 6.04 Å². The number of rotatable bonds is 5. The van der Waals surface area contributed by atoms with Crippen LogP contribution in [0.25, 0.3) is 0 Å². The minimum Gasteiger partial charge on any atom is -0.480 e. The Morgan fingerprint density at radius 1 is 1.40 bits per heavy atom. The van der Waals surface area contributed by atoms with Crippen LogP contribution in [-0.4, -0.2) is 17.1 Å². The summed E-state index contributed by atoms with van der Waals surface area (Å²) in [6, 6.07) is 9.49. The third-order valence-corrected chi connectivity index (χ3v) is 2.43. The first-order chi connectivity index (χ1) is 7.15. The molecule has 0 saturated carbocycles. The SMILES string of the molecule is CCC(N[C@H](C)C(=O)O)c1ccccc1. The van der Waals surface area contributed by atoms with Crippen LogP contribution in [0.2, 0.25) is 0 Å². The third kappa shape index (κ3) is 3.36. The molecular formula is C12H17NO2. The second-order valence-corrected chi connectivity index (χ2v) is 3.60. The van der Waals surface area contributed by atoms with Crippen molar-refractivity contribution in [2.75, 3.05) is 0 Å². The summed E-state index contributed by atoms with van der Waals surface area (Å²) in [7, 11) is 0. The van der Waals surface area contributed by atoms with E-state index in [0.717, 1.165) is 12.0 Å². The second-order valence-electron chi connectivity index (χ2n) is 3.60. The molecule has 0 heterocycles. The van der Waals surface area contributed by atoms with E-state index in [9.17, 15) is 4.79 Å². The lowest BCUT2D eigenvalue weighted by molar-refractivity contribution is -0.139. The number of aliphatic carboxylic acids is 1. The molecular weight excluding hydrogens is 190 g/mol. The van der Waals surface area contributed by atoms with Crippen molar-refractivity contribution in [2.45, 2.75) is 32.4 Å². The van der Waals surface area contributed by atoms with E-state index >= 15 is 0 Å². The Kier molecular flexibility index (Phi) is 4.31. The van der Waals surface area contributed by atoms with Crippen LogP contribution in [0.5, 0.6) is 0 Å². The number of hydrogen-bond acceptors (Lipinski definition) is 2. The van der Waals surface area contributed by atoms with Gasteiger partial charge in [-0.25, -0.2) is 0 Å². The molecule has 0 spiro atoms. The van der Waals surface area contributed by atoms with Gasteiger partial charge < -0.3 is 5.11 Å². The van der Waals surface area contributed by atoms with E-state index in [2.05, 4.69) is 5.32 Å². The van der Waals surface area contributed by atoms with Crippen molar-refractivity contribution in [1.82, 2.24) is 5.32 Å². The molecule has 0 bridgehead atoms. The quantitative estimate of drug-likeness (QED) is 0.778. The molecule has 0 aliphatic rings. The highest BCUT2D eigenvalue weighted by Gasteiger charge is 2.16. The number of carboxylic acid groups (broad SMARTS) is 1. The summed E-state index contributed by atoms with van der Waals surface area (Å²) in [6.45, 7) is 3.70. The predicted molar refractivity (Wildman–Crippen MR) is 59.7 cm³/mol. The Morgan fingerprint density at radius 2 is 2.00 bits per heavy atom. The van der Waals surface area contributed by atoms with Crippen molar-refractivity contribution in [3.8, 4) is 0 Å². The number of carbonyl (C=O) groups is 1. The Bertz CT molecular complexity index is 311. The van der Waals surface area contributed by atoms with E-state index in [1.54, 1.807) is 6.92 Å². The van der Waals surface area contributed by atoms with Crippen LogP contribution in [0.15, 0.2) is 30.3 Å². The van der Waals surface area contributed by atoms with Crippen LogP contribution >= 0.6 is 0 Å². The summed E-state index contributed by atoms with van der Waals surface area (Å²) in [5.74, 6) is -0.815. The zero-order valence-corrected chi connectivity index (χ0v) is 9.10. The molecule has 1 aromatic rings. The Morgan fingerprint density at radius 3 is 2.47 bits per heavy atom. The first kappa shape index (κ1) is 11.7. The molecule has 1 aromatic carbocycles. The number of carboxylic acids is 1. The van der Waals surface area contributed by atoms with Gasteiger partial charge in [-0.1, -0.05) is 37.3 Å². The van der Waals surface area contributed by atoms with Crippen molar-refractivity contribution < 1.29 is 9.90 Å². The number of nitrogens with one attached hydrogen (secondary N) is 1. The maximum atomic E-state index is 10.7. The minimum atomic E-state index is -0.815. The maximum absolute atomic E-state index is 10.7. The van der Waals surface area contributed by atoms with Gasteiger partial charge in [-0.3, -0.25) is 10.1 Å². The molecule has 3 nitrogen and oxygen atoms in total. The molecule has 82 valence electrons. The fraction of sp³-hybridized carbons (Fsp3) is 0.417. The molecule has 0 aliphatic heterocycles. The van der Waals surface area contributed by atoms with Gasteiger partial charge in [-0.2, -0.15) is 0 Å². The summed E-state index contributed by atoms with van der Waals surface area (Å²) in [4.78, 5) is 10.7. The highest BCUT2D eigenvalue weighted by Crippen LogP contribution is 2.16. The highest BCUT2D eigenvalue weighted by atomic mass is 16.4. The monoisotopic (exact) mass is 207 g/mol. The van der Waals surface area contributed by atoms with Crippen LogP contribution < -0.4 is 5.32 Å². The van der Waals surface area contributed by atoms with Gasteiger partial charge in [0.15, 0.2) is 0 Å². The lowest BCUT2D eigenvalue weighted by Gasteiger charge is -2.20. The van der Waals surface area contributed by atoms with Crippen molar-refractivity contribution in [3.05, 3.63) is 35.9 Å². The van der Waals surface area contributed by atoms with Gasteiger partial charge in [-0.05, 0) is 18.9 Å². The molecule has 2 N–H and O–H groups in total. The van der Waals surface area contributed by atoms with Gasteiger partial charge >= 0.3 is 5.97 Å². The second kappa shape index (κ2) is 5.51. The third-order valence-electron chi connectivity index (χ3n) is 2.43. The summed E-state index contributed by atoms with van der Waals surface area (Å²) in [5.41, 5.74) is 1.13. The van der Waals surface area contributed by atoms with Gasteiger partial charge in [0.05, 0.1) is 0 Å². The summed E-state index contributed by atoms with van der Waals surface area (Å²) >= 11 is 0. The fourth-order valence-electron chi connectivity index (χ4n) is 1.51. The van der Waals surface area contributed by atoms with Gasteiger partial charge in [-0.15, -0.1) is 0 Å². The molecule has 1 unspecified atom stereocenters. The van der Waals surface area contributed by atoms with Gasteiger partial charge in [0.2, 0.25) is 0 Å². The zero-order chi connectivity index (χ0) is 11.3. The number of benzene rings is 1. The topological polar surface area (TPSA) is 49.3 Å². The standard InChI is InChI=1S/C12H17NO2/c1-3-11(13-9(2)12(14)15)10-7-5-4-6-8-10/h4-9,11,13H,3H2,1-2H3,(H,14,15)/t9-,11?/m1/s1. The van der Waals surface area contributed by atoms with E-state index in [1.807, 2.05) is 37.3 Å². The van der Waals surface area contributed by atoms with Gasteiger partial charge in [0.25, 0.3) is 0 Å². The molecule has 1 rings (SSSR count). The van der Waals surface area contributed by atoms with Crippen LogP contribution in [-0.2, 0) is 4.79 Å². The molecule has 0 fully saturated rings. The van der Waals surface area contributed by atoms with Gasteiger partial charge in [0.1, 0.15) is 6.04 Å². The van der Waals surface area contributed by atoms with Crippen LogP contribution in [0.3, 0.4) is 0 Å². The van der Waals surface area contributed by atoms with Crippen LogP contribution in [0, 0.1) is 0 Å². The molecule has 2 atom stereocenters. The Labute approximate surface area is 90.1 Å². The Hall–Kier alpha value is -1.35. The molecule has 0 aromatic heterocycles. The zero-order valence-electron chi connectivity index (χ0n) is 9.10. The average Bonchev–Trinajstić information content (AvgIpc) is 2.26. The van der Waals surface area contributed by atoms with Crippen molar-refractivity contribution in [3.63, 3.8) is 0 Å². The first-order valence-electron chi connectivity index (χ1n) is 5.19. The molecule has 0 amide bonds. The molecule has 15 heavy (non-hydrogen) atoms. The molecule has 0 radical (unpaired) electrons. The predicted octanol–water partition coefficient (Wildman–Crippen LogP) is 2.20. The average molecular weight is 207 g/mol. The van der Waals surface area contributed by atoms with E-state index in [-0.39, 0.29) is 6.04 Å². The van der Waals surface area contributed by atoms with Crippen LogP contribution in [0.4, 0.5) is 0 Å². The van der Waals surface area contributed by atoms with E-state index in [1.165, 1.54) is 0 Å². The molecule has 0 saturated heterocycles. The lowest BCUT2D eigenvalue weighted by Crippen LogP contribution is -2.36. The maximum Gasteiger partial charge on any atom is 0.320 e. The lowest BCUT2D eigenvalue weighted by atomic mass is 10.0. The van der Waals surface area contributed by atoms with Crippen molar-refractivity contribution >= 4 is 5.97 Å².